The molecule has 0 fully saturated rings. The lowest BCUT2D eigenvalue weighted by molar-refractivity contribution is 0.0640. The highest BCUT2D eigenvalue weighted by Gasteiger charge is 2.35. The zero-order valence-electron chi connectivity index (χ0n) is 29.3. The van der Waals surface area contributed by atoms with Crippen molar-refractivity contribution in [3.05, 3.63) is 142 Å². The lowest BCUT2D eigenvalue weighted by Gasteiger charge is -2.13. The predicted molar refractivity (Wildman–Crippen MR) is 205 cm³/mol. The Morgan fingerprint density at radius 2 is 0.855 bits per heavy atom. The Kier molecular flexibility index (Phi) is 13.2. The van der Waals surface area contributed by atoms with Crippen molar-refractivity contribution >= 4 is 55.8 Å². The summed E-state index contributed by atoms with van der Waals surface area (Å²) in [5.41, 5.74) is 19.7. The van der Waals surface area contributed by atoms with Crippen LogP contribution in [0.25, 0.3) is 21.8 Å². The minimum Gasteiger partial charge on any atom is -0.412 e. The van der Waals surface area contributed by atoms with Crippen LogP contribution >= 0.6 is 0 Å². The number of nitrogens with zero attached hydrogens (tertiary/aromatic N) is 2. The molecule has 55 heavy (non-hydrogen) atoms. The summed E-state index contributed by atoms with van der Waals surface area (Å²) < 4.78 is 31.6. The van der Waals surface area contributed by atoms with Crippen molar-refractivity contribution in [1.29, 1.82) is 0 Å². The second-order valence-corrected chi connectivity index (χ2v) is 13.3. The molecule has 0 unspecified atom stereocenters. The molecular weight excluding hydrogens is 733 g/mol. The molecule has 2 aliphatic rings. The number of amides is 4. The average Bonchev–Trinajstić information content (AvgIpc) is 3.88. The van der Waals surface area contributed by atoms with Crippen LogP contribution in [0.3, 0.4) is 0 Å². The molecule has 2 aromatic heterocycles. The largest absolute Gasteiger partial charge is 0.412 e. The van der Waals surface area contributed by atoms with E-state index < -0.39 is 10.4 Å². The van der Waals surface area contributed by atoms with Crippen LogP contribution in [-0.2, 0) is 36.3 Å². The van der Waals surface area contributed by atoms with E-state index in [1.54, 1.807) is 48.5 Å². The van der Waals surface area contributed by atoms with Gasteiger partial charge in [-0.05, 0) is 83.6 Å². The van der Waals surface area contributed by atoms with E-state index in [-0.39, 0.29) is 34.6 Å². The molecule has 0 saturated heterocycles. The Morgan fingerprint density at radius 1 is 0.545 bits per heavy atom. The minimum absolute atomic E-state index is 0. The lowest BCUT2D eigenvalue weighted by Crippen LogP contribution is -2.31. The number of H-pyrrole nitrogens is 2. The molecule has 0 saturated carbocycles. The van der Waals surface area contributed by atoms with Crippen LogP contribution in [0.2, 0.25) is 0 Å². The van der Waals surface area contributed by atoms with E-state index in [9.17, 15) is 19.2 Å². The molecule has 4 amide bonds. The molecule has 0 atom stereocenters. The summed E-state index contributed by atoms with van der Waals surface area (Å²) in [7, 11) is -4.67. The molecule has 17 heteroatoms. The van der Waals surface area contributed by atoms with Gasteiger partial charge in [0, 0.05) is 60.4 Å². The van der Waals surface area contributed by atoms with Gasteiger partial charge in [-0.15, -0.1) is 0 Å². The zero-order valence-corrected chi connectivity index (χ0v) is 30.1. The summed E-state index contributed by atoms with van der Waals surface area (Å²) in [5, 5.41) is 2.18. The summed E-state index contributed by atoms with van der Waals surface area (Å²) in [6.07, 6.45) is 5.09. The van der Waals surface area contributed by atoms with Crippen LogP contribution in [0, 0.1) is 0 Å². The monoisotopic (exact) mass is 772 g/mol. The zero-order chi connectivity index (χ0) is 37.9. The van der Waals surface area contributed by atoms with E-state index in [1.165, 1.54) is 9.80 Å². The molecule has 288 valence electrons. The van der Waals surface area contributed by atoms with Crippen LogP contribution in [-0.4, -0.2) is 85.0 Å². The average molecular weight is 773 g/mol. The van der Waals surface area contributed by atoms with Gasteiger partial charge in [-0.2, -0.15) is 8.42 Å². The standard InChI is InChI=1S/2C19H17N3O2.H2O4S.2H2O/c2*20-10-12-5-6-17-16(9-12)13(11-21-17)7-8-22-18(23)14-3-1-2-4-15(14)19(22)24;1-5(2,3)4;;/h2*1-6,9,11,21H,7-8,10,20H2;(H2,1,2,3,4);2*1H2. The SMILES string of the molecule is NCc1ccc2[nH]cc(CCN3C(=O)c4ccccc4C3=O)c2c1.NCc1ccc2[nH]cc(CCN3C(=O)c4ccccc4C3=O)c2c1.O.O.O=S(=O)(O)O. The van der Waals surface area contributed by atoms with Crippen molar-refractivity contribution in [3.63, 3.8) is 0 Å². The first-order valence-electron chi connectivity index (χ1n) is 16.6. The van der Waals surface area contributed by atoms with E-state index in [1.807, 2.05) is 36.7 Å². The lowest BCUT2D eigenvalue weighted by atomic mass is 10.1. The van der Waals surface area contributed by atoms with Gasteiger partial charge in [-0.25, -0.2) is 0 Å². The van der Waals surface area contributed by atoms with Crippen molar-refractivity contribution in [2.75, 3.05) is 13.1 Å². The molecule has 4 heterocycles. The first kappa shape index (κ1) is 41.7. The first-order chi connectivity index (χ1) is 25.4. The quantitative estimate of drug-likeness (QED) is 0.0971. The van der Waals surface area contributed by atoms with E-state index in [4.69, 9.17) is 29.0 Å². The van der Waals surface area contributed by atoms with Gasteiger partial charge in [-0.1, -0.05) is 36.4 Å². The molecule has 0 spiro atoms. The van der Waals surface area contributed by atoms with Crippen molar-refractivity contribution < 1.29 is 47.7 Å². The van der Waals surface area contributed by atoms with Gasteiger partial charge in [0.25, 0.3) is 23.6 Å². The number of hydrogen-bond donors (Lipinski definition) is 6. The van der Waals surface area contributed by atoms with Crippen LogP contribution in [0.5, 0.6) is 0 Å². The van der Waals surface area contributed by atoms with E-state index in [0.29, 0.717) is 61.3 Å². The predicted octanol–water partition coefficient (Wildman–Crippen LogP) is 2.63. The van der Waals surface area contributed by atoms with E-state index in [0.717, 1.165) is 44.1 Å². The Hall–Kier alpha value is -6.05. The van der Waals surface area contributed by atoms with Crippen LogP contribution < -0.4 is 11.5 Å². The van der Waals surface area contributed by atoms with Crippen molar-refractivity contribution in [3.8, 4) is 0 Å². The number of carbonyl (C=O) groups excluding carboxylic acids is 4. The molecule has 16 nitrogen and oxygen atoms in total. The number of aromatic nitrogens is 2. The fourth-order valence-electron chi connectivity index (χ4n) is 6.47. The summed E-state index contributed by atoms with van der Waals surface area (Å²) in [6.45, 7) is 1.70. The number of benzene rings is 4. The Morgan fingerprint density at radius 3 is 1.15 bits per heavy atom. The summed E-state index contributed by atoms with van der Waals surface area (Å²) in [5.74, 6) is -0.840. The normalized spacial score (nSPS) is 13.1. The minimum atomic E-state index is -4.67. The number of nitrogens with one attached hydrogen (secondary N) is 2. The molecule has 8 rings (SSSR count). The second-order valence-electron chi connectivity index (χ2n) is 12.4. The van der Waals surface area contributed by atoms with Gasteiger partial charge in [0.05, 0.1) is 22.3 Å². The van der Waals surface area contributed by atoms with Gasteiger partial charge in [0.1, 0.15) is 0 Å². The smallest absolute Gasteiger partial charge is 0.394 e. The second kappa shape index (κ2) is 17.4. The summed E-state index contributed by atoms with van der Waals surface area (Å²) in [6, 6.07) is 26.0. The number of carbonyl (C=O) groups is 4. The van der Waals surface area contributed by atoms with Crippen molar-refractivity contribution in [2.24, 2.45) is 11.5 Å². The number of nitrogens with two attached hydrogens (primary N) is 2. The first-order valence-corrected chi connectivity index (χ1v) is 18.0. The number of hydrogen-bond acceptors (Lipinski definition) is 8. The fourth-order valence-corrected chi connectivity index (χ4v) is 6.47. The van der Waals surface area contributed by atoms with E-state index in [2.05, 4.69) is 22.1 Å². The topological polar surface area (TPSA) is 296 Å². The van der Waals surface area contributed by atoms with Gasteiger partial charge < -0.3 is 32.4 Å². The van der Waals surface area contributed by atoms with Gasteiger partial charge in [0.15, 0.2) is 0 Å². The van der Waals surface area contributed by atoms with E-state index >= 15 is 0 Å². The maximum atomic E-state index is 12.4. The Balaban J connectivity index is 0.000000211. The molecule has 0 aliphatic carbocycles. The van der Waals surface area contributed by atoms with Crippen LogP contribution in [0.4, 0.5) is 0 Å². The van der Waals surface area contributed by atoms with Crippen molar-refractivity contribution in [2.45, 2.75) is 25.9 Å². The third-order valence-electron chi connectivity index (χ3n) is 9.10. The maximum absolute atomic E-state index is 12.4. The molecule has 0 radical (unpaired) electrons. The highest BCUT2D eigenvalue weighted by molar-refractivity contribution is 7.79. The molecule has 12 N–H and O–H groups in total. The molecule has 0 bridgehead atoms. The molecule has 6 aromatic rings. The highest BCUT2D eigenvalue weighted by atomic mass is 32.3. The Labute approximate surface area is 314 Å². The molecule has 4 aromatic carbocycles. The maximum Gasteiger partial charge on any atom is 0.394 e. The van der Waals surface area contributed by atoms with Gasteiger partial charge in [0.2, 0.25) is 0 Å². The number of rotatable bonds is 8. The number of fused-ring (bicyclic) bond motifs is 4. The summed E-state index contributed by atoms with van der Waals surface area (Å²) in [4.78, 5) is 58.8. The molecular formula is C38H40N6O10S. The third kappa shape index (κ3) is 9.02. The third-order valence-corrected chi connectivity index (χ3v) is 9.10. The Bertz CT molecular complexity index is 2260. The van der Waals surface area contributed by atoms with Gasteiger partial charge in [-0.3, -0.25) is 38.1 Å². The summed E-state index contributed by atoms with van der Waals surface area (Å²) >= 11 is 0. The molecule has 2 aliphatic heterocycles. The number of imide groups is 2. The van der Waals surface area contributed by atoms with Crippen LogP contribution in [0.15, 0.2) is 97.3 Å². The van der Waals surface area contributed by atoms with Crippen molar-refractivity contribution in [1.82, 2.24) is 19.8 Å². The fraction of sp³-hybridized carbons (Fsp3) is 0.158. The van der Waals surface area contributed by atoms with Crippen LogP contribution in [0.1, 0.15) is 63.7 Å². The highest BCUT2D eigenvalue weighted by Crippen LogP contribution is 2.26. The number of aromatic amines is 2. The van der Waals surface area contributed by atoms with Gasteiger partial charge >= 0.3 is 10.4 Å².